The van der Waals surface area contributed by atoms with Crippen molar-refractivity contribution in [3.8, 4) is 0 Å². The Hall–Kier alpha value is -2.58. The summed E-state index contributed by atoms with van der Waals surface area (Å²) in [6.45, 7) is 3.14. The van der Waals surface area contributed by atoms with Gasteiger partial charge in [-0.05, 0) is 24.3 Å². The van der Waals surface area contributed by atoms with Crippen LogP contribution >= 0.6 is 0 Å². The molecule has 6 nitrogen and oxygen atoms in total. The molecule has 0 radical (unpaired) electrons. The minimum atomic E-state index is -4.49. The molecule has 0 spiro atoms. The molecule has 2 amide bonds. The lowest BCUT2D eigenvalue weighted by Gasteiger charge is -2.25. The number of hydrogen-bond donors (Lipinski definition) is 1. The number of hydrogen-bond acceptors (Lipinski definition) is 4. The summed E-state index contributed by atoms with van der Waals surface area (Å²) in [6, 6.07) is 3.81. The zero-order chi connectivity index (χ0) is 19.9. The first-order chi connectivity index (χ1) is 12.1. The average molecular weight is 374 g/mol. The van der Waals surface area contributed by atoms with Crippen LogP contribution in [0.3, 0.4) is 0 Å². The summed E-state index contributed by atoms with van der Waals surface area (Å²) in [7, 11) is 1.22. The first-order valence-electron chi connectivity index (χ1n) is 7.85. The number of alkyl halides is 3. The lowest BCUT2D eigenvalue weighted by Crippen LogP contribution is -2.41. The van der Waals surface area contributed by atoms with E-state index in [1.165, 1.54) is 18.9 Å². The van der Waals surface area contributed by atoms with Gasteiger partial charge in [0.25, 0.3) is 5.91 Å². The van der Waals surface area contributed by atoms with E-state index < -0.39 is 29.5 Å². The summed E-state index contributed by atoms with van der Waals surface area (Å²) in [5, 5.41) is 2.53. The molecule has 0 saturated heterocycles. The molecule has 0 bridgehead atoms. The van der Waals surface area contributed by atoms with Gasteiger partial charge in [0, 0.05) is 32.1 Å². The van der Waals surface area contributed by atoms with Gasteiger partial charge in [-0.2, -0.15) is 13.2 Å². The summed E-state index contributed by atoms with van der Waals surface area (Å²) < 4.78 is 42.5. The van der Waals surface area contributed by atoms with Crippen molar-refractivity contribution in [1.82, 2.24) is 10.2 Å². The molecule has 0 aliphatic rings. The number of methoxy groups -OCH3 is 1. The molecule has 1 atom stereocenters. The zero-order valence-corrected chi connectivity index (χ0v) is 14.7. The molecular weight excluding hydrogens is 353 g/mol. The van der Waals surface area contributed by atoms with Crippen LogP contribution in [0, 0.1) is 5.92 Å². The molecule has 0 aliphatic heterocycles. The molecule has 0 unspecified atom stereocenters. The van der Waals surface area contributed by atoms with Crippen molar-refractivity contribution in [2.75, 3.05) is 26.7 Å². The molecule has 1 N–H and O–H groups in total. The minimum Gasteiger partial charge on any atom is -0.469 e. The number of ether oxygens (including phenoxy) is 1. The molecule has 0 aromatic heterocycles. The van der Waals surface area contributed by atoms with E-state index in [2.05, 4.69) is 10.1 Å². The van der Waals surface area contributed by atoms with Crippen LogP contribution in [0.2, 0.25) is 0 Å². The Morgan fingerprint density at radius 1 is 1.19 bits per heavy atom. The predicted octanol–water partition coefficient (Wildman–Crippen LogP) is 2.09. The Kier molecular flexibility index (Phi) is 7.60. The average Bonchev–Trinajstić information content (AvgIpc) is 2.58. The van der Waals surface area contributed by atoms with Crippen molar-refractivity contribution < 1.29 is 32.3 Å². The number of rotatable bonds is 7. The van der Waals surface area contributed by atoms with Gasteiger partial charge in [-0.3, -0.25) is 14.4 Å². The minimum absolute atomic E-state index is 0.00607. The van der Waals surface area contributed by atoms with Crippen LogP contribution in [0.25, 0.3) is 0 Å². The Morgan fingerprint density at radius 3 is 2.23 bits per heavy atom. The predicted molar refractivity (Wildman–Crippen MR) is 87.2 cm³/mol. The van der Waals surface area contributed by atoms with Crippen LogP contribution in [-0.4, -0.2) is 49.4 Å². The van der Waals surface area contributed by atoms with Crippen LogP contribution < -0.4 is 5.32 Å². The van der Waals surface area contributed by atoms with Crippen molar-refractivity contribution in [2.24, 2.45) is 5.92 Å². The summed E-state index contributed by atoms with van der Waals surface area (Å²) in [4.78, 5) is 36.5. The Morgan fingerprint density at radius 2 is 1.77 bits per heavy atom. The van der Waals surface area contributed by atoms with E-state index in [1.54, 1.807) is 6.92 Å². The standard InChI is InChI=1S/C17H21F3N2O4/c1-11(16(25)26-3)10-22(9-8-21-12(2)23)15(24)13-4-6-14(7-5-13)17(18,19)20/h4-7,11H,8-10H2,1-3H3,(H,21,23)/t11-/m1/s1. The smallest absolute Gasteiger partial charge is 0.416 e. The highest BCUT2D eigenvalue weighted by atomic mass is 19.4. The Labute approximate surface area is 149 Å². The van der Waals surface area contributed by atoms with Crippen molar-refractivity contribution in [2.45, 2.75) is 20.0 Å². The van der Waals surface area contributed by atoms with Gasteiger partial charge in [0.1, 0.15) is 0 Å². The summed E-state index contributed by atoms with van der Waals surface area (Å²) >= 11 is 0. The van der Waals surface area contributed by atoms with Gasteiger partial charge in [-0.15, -0.1) is 0 Å². The number of nitrogens with zero attached hydrogens (tertiary/aromatic N) is 1. The molecule has 26 heavy (non-hydrogen) atoms. The maximum atomic E-state index is 12.6. The normalized spacial score (nSPS) is 12.2. The van der Waals surface area contributed by atoms with Crippen molar-refractivity contribution in [1.29, 1.82) is 0 Å². The second-order valence-electron chi connectivity index (χ2n) is 5.73. The van der Waals surface area contributed by atoms with Crippen LogP contribution in [0.15, 0.2) is 24.3 Å². The van der Waals surface area contributed by atoms with E-state index in [0.717, 1.165) is 24.3 Å². The molecule has 9 heteroatoms. The number of esters is 1. The van der Waals surface area contributed by atoms with E-state index >= 15 is 0 Å². The topological polar surface area (TPSA) is 75.7 Å². The number of amides is 2. The molecule has 1 aromatic carbocycles. The number of benzene rings is 1. The Bertz CT molecular complexity index is 644. The van der Waals surface area contributed by atoms with Crippen molar-refractivity contribution >= 4 is 17.8 Å². The first-order valence-corrected chi connectivity index (χ1v) is 7.85. The van der Waals surface area contributed by atoms with Gasteiger partial charge in [0.05, 0.1) is 18.6 Å². The third-order valence-electron chi connectivity index (χ3n) is 3.60. The van der Waals surface area contributed by atoms with Crippen LogP contribution in [0.5, 0.6) is 0 Å². The quantitative estimate of drug-likeness (QED) is 0.742. The third-order valence-corrected chi connectivity index (χ3v) is 3.60. The van der Waals surface area contributed by atoms with E-state index in [1.807, 2.05) is 0 Å². The molecule has 0 fully saturated rings. The van der Waals surface area contributed by atoms with E-state index in [-0.39, 0.29) is 31.1 Å². The highest BCUT2D eigenvalue weighted by molar-refractivity contribution is 5.94. The highest BCUT2D eigenvalue weighted by Crippen LogP contribution is 2.29. The lowest BCUT2D eigenvalue weighted by atomic mass is 10.1. The number of carbonyl (C=O) groups excluding carboxylic acids is 3. The summed E-state index contributed by atoms with van der Waals surface area (Å²) in [5.74, 6) is -1.97. The fourth-order valence-corrected chi connectivity index (χ4v) is 2.23. The van der Waals surface area contributed by atoms with Gasteiger partial charge in [0.2, 0.25) is 5.91 Å². The van der Waals surface area contributed by atoms with Gasteiger partial charge >= 0.3 is 12.1 Å². The van der Waals surface area contributed by atoms with Crippen molar-refractivity contribution in [3.05, 3.63) is 35.4 Å². The summed E-state index contributed by atoms with van der Waals surface area (Å²) in [5.41, 5.74) is -0.806. The monoisotopic (exact) mass is 374 g/mol. The number of nitrogens with one attached hydrogen (secondary N) is 1. The van der Waals surface area contributed by atoms with Gasteiger partial charge < -0.3 is 15.0 Å². The maximum absolute atomic E-state index is 12.6. The van der Waals surface area contributed by atoms with Crippen LogP contribution in [0.1, 0.15) is 29.8 Å². The molecule has 0 saturated carbocycles. The van der Waals surface area contributed by atoms with Crippen LogP contribution in [-0.2, 0) is 20.5 Å². The molecule has 144 valence electrons. The summed E-state index contributed by atoms with van der Waals surface area (Å²) in [6.07, 6.45) is -4.49. The number of carbonyl (C=O) groups is 3. The Balaban J connectivity index is 2.94. The number of halogens is 3. The fraction of sp³-hybridized carbons (Fsp3) is 0.471. The van der Waals surface area contributed by atoms with Crippen molar-refractivity contribution in [3.63, 3.8) is 0 Å². The second kappa shape index (κ2) is 9.21. The SMILES string of the molecule is COC(=O)[C@H](C)CN(CCNC(C)=O)C(=O)c1ccc(C(F)(F)F)cc1. The van der Waals surface area contributed by atoms with Crippen LogP contribution in [0.4, 0.5) is 13.2 Å². The van der Waals surface area contributed by atoms with E-state index in [0.29, 0.717) is 0 Å². The lowest BCUT2D eigenvalue weighted by molar-refractivity contribution is -0.145. The highest BCUT2D eigenvalue weighted by Gasteiger charge is 2.30. The molecular formula is C17H21F3N2O4. The van der Waals surface area contributed by atoms with Gasteiger partial charge in [-0.25, -0.2) is 0 Å². The maximum Gasteiger partial charge on any atom is 0.416 e. The fourth-order valence-electron chi connectivity index (χ4n) is 2.23. The second-order valence-corrected chi connectivity index (χ2v) is 5.73. The van der Waals surface area contributed by atoms with Gasteiger partial charge in [0.15, 0.2) is 0 Å². The van der Waals surface area contributed by atoms with E-state index in [4.69, 9.17) is 0 Å². The van der Waals surface area contributed by atoms with E-state index in [9.17, 15) is 27.6 Å². The molecule has 0 heterocycles. The first kappa shape index (κ1) is 21.5. The largest absolute Gasteiger partial charge is 0.469 e. The molecule has 1 rings (SSSR count). The third kappa shape index (κ3) is 6.38. The van der Waals surface area contributed by atoms with Gasteiger partial charge in [-0.1, -0.05) is 6.92 Å². The zero-order valence-electron chi connectivity index (χ0n) is 14.7. The molecule has 0 aliphatic carbocycles. The molecule has 1 aromatic rings.